The number of aromatic nitrogens is 2. The van der Waals surface area contributed by atoms with Crippen LogP contribution in [0, 0.1) is 5.41 Å². The van der Waals surface area contributed by atoms with Gasteiger partial charge in [0.25, 0.3) is 0 Å². The third-order valence-corrected chi connectivity index (χ3v) is 3.12. The molecule has 0 unspecified atom stereocenters. The van der Waals surface area contributed by atoms with E-state index in [1.165, 1.54) is 6.33 Å². The second kappa shape index (κ2) is 4.08. The first-order valence-electron chi connectivity index (χ1n) is 5.05. The first-order valence-corrected chi connectivity index (χ1v) is 5.05. The normalized spacial score (nSPS) is 12.2. The number of nitrogens with zero attached hydrogens (tertiary/aromatic N) is 2. The first kappa shape index (κ1) is 12.4. The first-order chi connectivity index (χ1) is 7.27. The molecule has 1 aromatic heterocycles. The number of hydrogen-bond acceptors (Lipinski definition) is 4. The Hall–Kier alpha value is -1.65. The van der Waals surface area contributed by atoms with Gasteiger partial charge >= 0.3 is 5.97 Å². The SMILES string of the molecule is CC(C)(Nc1ccncn1)C(C)(C)C(=O)O. The molecular formula is C11H17N3O2. The van der Waals surface area contributed by atoms with Crippen LogP contribution in [-0.4, -0.2) is 26.6 Å². The van der Waals surface area contributed by atoms with Crippen LogP contribution in [0.1, 0.15) is 27.7 Å². The van der Waals surface area contributed by atoms with E-state index in [-0.39, 0.29) is 0 Å². The average molecular weight is 223 g/mol. The number of aliphatic carboxylic acids is 1. The van der Waals surface area contributed by atoms with E-state index in [2.05, 4.69) is 15.3 Å². The lowest BCUT2D eigenvalue weighted by Gasteiger charge is -2.39. The van der Waals surface area contributed by atoms with Crippen LogP contribution >= 0.6 is 0 Å². The summed E-state index contributed by atoms with van der Waals surface area (Å²) in [6.45, 7) is 7.04. The zero-order chi connectivity index (χ0) is 12.4. The summed E-state index contributed by atoms with van der Waals surface area (Å²) < 4.78 is 0. The fourth-order valence-corrected chi connectivity index (χ4v) is 1.11. The number of nitrogens with one attached hydrogen (secondary N) is 1. The zero-order valence-corrected chi connectivity index (χ0v) is 9.98. The molecule has 88 valence electrons. The molecule has 0 bridgehead atoms. The topological polar surface area (TPSA) is 75.1 Å². The van der Waals surface area contributed by atoms with E-state index in [1.807, 2.05) is 13.8 Å². The van der Waals surface area contributed by atoms with Crippen LogP contribution in [0.2, 0.25) is 0 Å². The third-order valence-electron chi connectivity index (χ3n) is 3.12. The summed E-state index contributed by atoms with van der Waals surface area (Å²) in [7, 11) is 0. The van der Waals surface area contributed by atoms with Gasteiger partial charge in [0.1, 0.15) is 12.1 Å². The fraction of sp³-hybridized carbons (Fsp3) is 0.545. The fourth-order valence-electron chi connectivity index (χ4n) is 1.11. The van der Waals surface area contributed by atoms with Crippen molar-refractivity contribution < 1.29 is 9.90 Å². The van der Waals surface area contributed by atoms with Gasteiger partial charge in [-0.05, 0) is 33.8 Å². The summed E-state index contributed by atoms with van der Waals surface area (Å²) in [5.74, 6) is -0.228. The standard InChI is InChI=1S/C11H17N3O2/c1-10(2,9(15)16)11(3,4)14-8-5-6-12-7-13-8/h5-7H,1-4H3,(H,15,16)(H,12,13,14). The Morgan fingerprint density at radius 3 is 2.44 bits per heavy atom. The molecule has 2 N–H and O–H groups in total. The van der Waals surface area contributed by atoms with Gasteiger partial charge in [-0.15, -0.1) is 0 Å². The molecule has 0 aliphatic rings. The van der Waals surface area contributed by atoms with Gasteiger partial charge in [0, 0.05) is 11.7 Å². The van der Waals surface area contributed by atoms with Crippen molar-refractivity contribution in [3.8, 4) is 0 Å². The molecule has 1 heterocycles. The summed E-state index contributed by atoms with van der Waals surface area (Å²) in [6.07, 6.45) is 3.03. The lowest BCUT2D eigenvalue weighted by atomic mass is 9.74. The maximum absolute atomic E-state index is 11.2. The number of hydrogen-bond donors (Lipinski definition) is 2. The van der Waals surface area contributed by atoms with Gasteiger partial charge in [0.05, 0.1) is 5.41 Å². The molecule has 0 aromatic carbocycles. The maximum Gasteiger partial charge on any atom is 0.311 e. The second-order valence-corrected chi connectivity index (χ2v) is 4.77. The van der Waals surface area contributed by atoms with E-state index >= 15 is 0 Å². The van der Waals surface area contributed by atoms with Crippen molar-refractivity contribution in [3.63, 3.8) is 0 Å². The third kappa shape index (κ3) is 2.29. The van der Waals surface area contributed by atoms with Gasteiger partial charge in [-0.2, -0.15) is 0 Å². The van der Waals surface area contributed by atoms with Crippen molar-refractivity contribution in [1.29, 1.82) is 0 Å². The molecule has 0 atom stereocenters. The van der Waals surface area contributed by atoms with Crippen LogP contribution in [0.15, 0.2) is 18.6 Å². The average Bonchev–Trinajstić information content (AvgIpc) is 2.18. The van der Waals surface area contributed by atoms with Crippen molar-refractivity contribution in [2.45, 2.75) is 33.2 Å². The molecule has 0 spiro atoms. The predicted octanol–water partition coefficient (Wildman–Crippen LogP) is 1.78. The molecule has 1 aromatic rings. The molecule has 5 nitrogen and oxygen atoms in total. The summed E-state index contributed by atoms with van der Waals surface area (Å²) in [4.78, 5) is 19.0. The van der Waals surface area contributed by atoms with Gasteiger partial charge in [0.2, 0.25) is 0 Å². The molecule has 0 radical (unpaired) electrons. The highest BCUT2D eigenvalue weighted by Gasteiger charge is 2.43. The van der Waals surface area contributed by atoms with E-state index in [9.17, 15) is 9.90 Å². The van der Waals surface area contributed by atoms with Crippen LogP contribution in [0.3, 0.4) is 0 Å². The van der Waals surface area contributed by atoms with Crippen molar-refractivity contribution in [1.82, 2.24) is 9.97 Å². The number of anilines is 1. The Morgan fingerprint density at radius 1 is 1.38 bits per heavy atom. The van der Waals surface area contributed by atoms with E-state index in [0.717, 1.165) is 0 Å². The lowest BCUT2D eigenvalue weighted by Crippen LogP contribution is -2.50. The molecule has 0 saturated heterocycles. The summed E-state index contributed by atoms with van der Waals surface area (Å²) in [6, 6.07) is 1.71. The Labute approximate surface area is 94.9 Å². The van der Waals surface area contributed by atoms with Gasteiger partial charge in [-0.1, -0.05) is 0 Å². The maximum atomic E-state index is 11.2. The Morgan fingerprint density at radius 2 is 2.00 bits per heavy atom. The molecule has 0 saturated carbocycles. The number of carboxylic acids is 1. The number of carboxylic acid groups (broad SMARTS) is 1. The van der Waals surface area contributed by atoms with Crippen LogP contribution in [0.25, 0.3) is 0 Å². The summed E-state index contributed by atoms with van der Waals surface area (Å²) >= 11 is 0. The minimum absolute atomic E-state index is 0.618. The van der Waals surface area contributed by atoms with Crippen molar-refractivity contribution in [2.75, 3.05) is 5.32 Å². The van der Waals surface area contributed by atoms with E-state index < -0.39 is 16.9 Å². The Kier molecular flexibility index (Phi) is 3.16. The molecular weight excluding hydrogens is 206 g/mol. The van der Waals surface area contributed by atoms with Crippen molar-refractivity contribution in [3.05, 3.63) is 18.6 Å². The van der Waals surface area contributed by atoms with Gasteiger partial charge in [0.15, 0.2) is 0 Å². The smallest absolute Gasteiger partial charge is 0.311 e. The number of carbonyl (C=O) groups is 1. The Bertz CT molecular complexity index is 374. The van der Waals surface area contributed by atoms with E-state index in [0.29, 0.717) is 5.82 Å². The van der Waals surface area contributed by atoms with Crippen LogP contribution in [-0.2, 0) is 4.79 Å². The van der Waals surface area contributed by atoms with Crippen LogP contribution in [0.4, 0.5) is 5.82 Å². The van der Waals surface area contributed by atoms with Gasteiger partial charge in [-0.25, -0.2) is 9.97 Å². The highest BCUT2D eigenvalue weighted by Crippen LogP contribution is 2.33. The lowest BCUT2D eigenvalue weighted by molar-refractivity contribution is -0.149. The molecule has 5 heteroatoms. The van der Waals surface area contributed by atoms with Gasteiger partial charge in [-0.3, -0.25) is 4.79 Å². The second-order valence-electron chi connectivity index (χ2n) is 4.77. The molecule has 0 amide bonds. The highest BCUT2D eigenvalue weighted by molar-refractivity contribution is 5.76. The van der Waals surface area contributed by atoms with Crippen LogP contribution < -0.4 is 5.32 Å². The molecule has 16 heavy (non-hydrogen) atoms. The van der Waals surface area contributed by atoms with Crippen molar-refractivity contribution in [2.24, 2.45) is 5.41 Å². The molecule has 0 aliphatic heterocycles. The Balaban J connectivity index is 2.92. The summed E-state index contributed by atoms with van der Waals surface area (Å²) in [5.41, 5.74) is -1.52. The molecule has 0 fully saturated rings. The summed E-state index contributed by atoms with van der Waals surface area (Å²) in [5, 5.41) is 12.3. The number of rotatable bonds is 4. The highest BCUT2D eigenvalue weighted by atomic mass is 16.4. The molecule has 1 rings (SSSR count). The van der Waals surface area contributed by atoms with E-state index in [4.69, 9.17) is 0 Å². The molecule has 0 aliphatic carbocycles. The zero-order valence-electron chi connectivity index (χ0n) is 9.98. The van der Waals surface area contributed by atoms with Gasteiger partial charge < -0.3 is 10.4 Å². The minimum Gasteiger partial charge on any atom is -0.481 e. The van der Waals surface area contributed by atoms with Crippen molar-refractivity contribution >= 4 is 11.8 Å². The predicted molar refractivity (Wildman–Crippen MR) is 61.2 cm³/mol. The minimum atomic E-state index is -0.905. The van der Waals surface area contributed by atoms with E-state index in [1.54, 1.807) is 26.1 Å². The quantitative estimate of drug-likeness (QED) is 0.813. The monoisotopic (exact) mass is 223 g/mol. The largest absolute Gasteiger partial charge is 0.481 e. The van der Waals surface area contributed by atoms with Crippen LogP contribution in [0.5, 0.6) is 0 Å².